The van der Waals surface area contributed by atoms with Gasteiger partial charge in [-0.15, -0.1) is 0 Å². The summed E-state index contributed by atoms with van der Waals surface area (Å²) in [4.78, 5) is 0. The Kier molecular flexibility index (Phi) is 17.5. The van der Waals surface area contributed by atoms with Gasteiger partial charge in [0.25, 0.3) is 0 Å². The summed E-state index contributed by atoms with van der Waals surface area (Å²) in [5.74, 6) is 2.82. The van der Waals surface area contributed by atoms with Crippen LogP contribution < -0.4 is 14.2 Å². The molecule has 0 saturated carbocycles. The zero-order valence-electron chi connectivity index (χ0n) is 29.2. The molecule has 0 aliphatic carbocycles. The molecule has 0 amide bonds. The summed E-state index contributed by atoms with van der Waals surface area (Å²) in [6.45, 7) is 15.1. The lowest BCUT2D eigenvalue weighted by Gasteiger charge is -2.07. The number of rotatable bonds is 9. The highest BCUT2D eigenvalue weighted by atomic mass is 16.6. The van der Waals surface area contributed by atoms with Gasteiger partial charge in [0, 0.05) is 10.8 Å². The van der Waals surface area contributed by atoms with Crippen molar-refractivity contribution in [3.05, 3.63) is 115 Å². The molecule has 3 saturated heterocycles. The maximum Gasteiger partial charge on any atom is 0.127 e. The maximum atomic E-state index is 5.72. The van der Waals surface area contributed by atoms with Crippen LogP contribution in [0, 0.1) is 6.92 Å². The van der Waals surface area contributed by atoms with Gasteiger partial charge >= 0.3 is 0 Å². The van der Waals surface area contributed by atoms with E-state index in [1.165, 1.54) is 39.9 Å². The zero-order valence-corrected chi connectivity index (χ0v) is 29.2. The van der Waals surface area contributed by atoms with Crippen molar-refractivity contribution < 1.29 is 28.4 Å². The second-order valence-corrected chi connectivity index (χ2v) is 12.0. The summed E-state index contributed by atoms with van der Waals surface area (Å²) in [5, 5.41) is 4.76. The highest BCUT2D eigenvalue weighted by molar-refractivity contribution is 5.88. The van der Waals surface area contributed by atoms with Crippen LogP contribution in [0.25, 0.3) is 21.5 Å². The van der Waals surface area contributed by atoms with Gasteiger partial charge in [-0.3, -0.25) is 0 Å². The van der Waals surface area contributed by atoms with E-state index in [9.17, 15) is 0 Å². The molecule has 264 valence electrons. The monoisotopic (exact) mass is 668 g/mol. The number of ether oxygens (including phenoxy) is 6. The average molecular weight is 669 g/mol. The van der Waals surface area contributed by atoms with Crippen LogP contribution in [0.4, 0.5) is 0 Å². The minimum absolute atomic E-state index is 0. The molecule has 6 nitrogen and oxygen atoms in total. The van der Waals surface area contributed by atoms with E-state index in [2.05, 4.69) is 71.0 Å². The van der Waals surface area contributed by atoms with Gasteiger partial charge in [0.15, 0.2) is 0 Å². The minimum Gasteiger partial charge on any atom is -0.491 e. The Morgan fingerprint density at radius 2 is 0.837 bits per heavy atom. The predicted octanol–water partition coefficient (Wildman–Crippen LogP) is 10.5. The fraction of sp³-hybridized carbons (Fsp3) is 0.395. The van der Waals surface area contributed by atoms with Gasteiger partial charge in [-0.05, 0) is 42.0 Å². The SMILES string of the molecule is C.CCC.CCC.Cc1ccc(OCC2CO2)cc1.c1ccc2c(OCC3CO3)cccc2c1.c1ccc2c(OCC3CO3)cccc2c1. The molecule has 0 radical (unpaired) electrons. The third-order valence-electron chi connectivity index (χ3n) is 7.01. The van der Waals surface area contributed by atoms with Gasteiger partial charge in [-0.25, -0.2) is 0 Å². The average Bonchev–Trinajstić information content (AvgIpc) is 3.97. The molecule has 0 bridgehead atoms. The lowest BCUT2D eigenvalue weighted by Crippen LogP contribution is -2.04. The first-order valence-electron chi connectivity index (χ1n) is 17.3. The van der Waals surface area contributed by atoms with Crippen LogP contribution in [0.2, 0.25) is 0 Å². The van der Waals surface area contributed by atoms with Crippen LogP contribution in [-0.2, 0) is 14.2 Å². The molecule has 49 heavy (non-hydrogen) atoms. The Morgan fingerprint density at radius 1 is 0.490 bits per heavy atom. The molecule has 6 heteroatoms. The van der Waals surface area contributed by atoms with Crippen molar-refractivity contribution in [1.82, 2.24) is 0 Å². The summed E-state index contributed by atoms with van der Waals surface area (Å²) < 4.78 is 32.2. The first kappa shape index (κ1) is 39.3. The second-order valence-electron chi connectivity index (χ2n) is 12.0. The van der Waals surface area contributed by atoms with E-state index < -0.39 is 0 Å². The number of hydrogen-bond acceptors (Lipinski definition) is 6. The van der Waals surface area contributed by atoms with Crippen LogP contribution in [0.15, 0.2) is 109 Å². The van der Waals surface area contributed by atoms with Crippen molar-refractivity contribution in [2.24, 2.45) is 0 Å². The molecule has 5 aromatic rings. The number of aryl methyl sites for hydroxylation is 1. The number of benzene rings is 5. The van der Waals surface area contributed by atoms with E-state index in [4.69, 9.17) is 28.4 Å². The van der Waals surface area contributed by atoms with E-state index in [-0.39, 0.29) is 7.43 Å². The van der Waals surface area contributed by atoms with Crippen LogP contribution in [-0.4, -0.2) is 58.0 Å². The second kappa shape index (κ2) is 21.8. The molecular formula is C43H56O6. The summed E-state index contributed by atoms with van der Waals surface area (Å²) in [6, 6.07) is 36.8. The number of fused-ring (bicyclic) bond motifs is 2. The molecule has 3 unspecified atom stereocenters. The van der Waals surface area contributed by atoms with Crippen molar-refractivity contribution in [1.29, 1.82) is 0 Å². The lowest BCUT2D eigenvalue weighted by atomic mass is 10.1. The van der Waals surface area contributed by atoms with E-state index in [1.54, 1.807) is 0 Å². The predicted molar refractivity (Wildman–Crippen MR) is 203 cm³/mol. The molecule has 0 aromatic heterocycles. The van der Waals surface area contributed by atoms with Crippen LogP contribution in [0.1, 0.15) is 53.5 Å². The highest BCUT2D eigenvalue weighted by Crippen LogP contribution is 2.27. The first-order valence-corrected chi connectivity index (χ1v) is 17.3. The fourth-order valence-corrected chi connectivity index (χ4v) is 4.33. The Morgan fingerprint density at radius 3 is 1.22 bits per heavy atom. The Balaban J connectivity index is 0.000000183. The summed E-state index contributed by atoms with van der Waals surface area (Å²) >= 11 is 0. The smallest absolute Gasteiger partial charge is 0.127 e. The molecular weight excluding hydrogens is 612 g/mol. The van der Waals surface area contributed by atoms with E-state index in [0.29, 0.717) is 38.1 Å². The lowest BCUT2D eigenvalue weighted by molar-refractivity contribution is 0.263. The first-order chi connectivity index (χ1) is 23.5. The van der Waals surface area contributed by atoms with E-state index in [0.717, 1.165) is 37.1 Å². The van der Waals surface area contributed by atoms with Crippen molar-refractivity contribution in [3.63, 3.8) is 0 Å². The van der Waals surface area contributed by atoms with Gasteiger partial charge in [0.2, 0.25) is 0 Å². The van der Waals surface area contributed by atoms with Gasteiger partial charge in [0.1, 0.15) is 55.4 Å². The van der Waals surface area contributed by atoms with Gasteiger partial charge < -0.3 is 28.4 Å². The summed E-state index contributed by atoms with van der Waals surface area (Å²) in [6.07, 6.45) is 3.46. The van der Waals surface area contributed by atoms with Crippen molar-refractivity contribution in [3.8, 4) is 17.2 Å². The summed E-state index contributed by atoms with van der Waals surface area (Å²) in [7, 11) is 0. The Bertz CT molecular complexity index is 1500. The number of epoxide rings is 3. The zero-order chi connectivity index (χ0) is 34.0. The minimum atomic E-state index is 0. The van der Waals surface area contributed by atoms with Crippen molar-refractivity contribution in [2.45, 2.75) is 73.2 Å². The van der Waals surface area contributed by atoms with Crippen LogP contribution in [0.3, 0.4) is 0 Å². The normalized spacial score (nSPS) is 17.4. The molecule has 0 spiro atoms. The molecule has 3 aliphatic heterocycles. The van der Waals surface area contributed by atoms with Gasteiger partial charge in [-0.2, -0.15) is 0 Å². The van der Waals surface area contributed by atoms with Crippen LogP contribution >= 0.6 is 0 Å². The van der Waals surface area contributed by atoms with E-state index in [1.807, 2.05) is 72.8 Å². The Hall–Kier alpha value is -4.10. The Labute approximate surface area is 294 Å². The number of hydrogen-bond donors (Lipinski definition) is 0. The standard InChI is InChI=1S/2C13H12O2.C10H12O2.2C3H8.CH4/c2*1-2-6-12-10(4-1)5-3-7-13(12)15-9-11-8-14-11;1-8-2-4-9(5-3-8)11-6-10-7-12-10;2*1-3-2;/h2*1-7,11H,8-9H2;2-5,10H,6-7H2,1H3;2*3H2,1-2H3;1H4. The molecule has 3 fully saturated rings. The maximum absolute atomic E-state index is 5.72. The topological polar surface area (TPSA) is 65.3 Å². The fourth-order valence-electron chi connectivity index (χ4n) is 4.33. The third kappa shape index (κ3) is 14.9. The van der Waals surface area contributed by atoms with Crippen molar-refractivity contribution in [2.75, 3.05) is 39.6 Å². The largest absolute Gasteiger partial charge is 0.491 e. The third-order valence-corrected chi connectivity index (χ3v) is 7.01. The molecule has 3 heterocycles. The molecule has 0 N–H and O–H groups in total. The molecule has 3 aliphatic rings. The molecule has 8 rings (SSSR count). The summed E-state index contributed by atoms with van der Waals surface area (Å²) in [5.41, 5.74) is 1.25. The van der Waals surface area contributed by atoms with Crippen LogP contribution in [0.5, 0.6) is 17.2 Å². The van der Waals surface area contributed by atoms with E-state index >= 15 is 0 Å². The quantitative estimate of drug-likeness (QED) is 0.146. The van der Waals surface area contributed by atoms with Gasteiger partial charge in [0.05, 0.1) is 19.8 Å². The van der Waals surface area contributed by atoms with Gasteiger partial charge in [-0.1, -0.05) is 138 Å². The van der Waals surface area contributed by atoms with Crippen molar-refractivity contribution >= 4 is 21.5 Å². The molecule has 3 atom stereocenters. The molecule has 5 aromatic carbocycles. The highest BCUT2D eigenvalue weighted by Gasteiger charge is 2.24.